The molecule has 0 saturated carbocycles. The summed E-state index contributed by atoms with van der Waals surface area (Å²) in [5.74, 6) is 0.389. The Kier molecular flexibility index (Phi) is 4.58. The molecule has 1 heterocycles. The summed E-state index contributed by atoms with van der Waals surface area (Å²) in [4.78, 5) is 12.7. The van der Waals surface area contributed by atoms with Crippen molar-refractivity contribution in [1.29, 1.82) is 0 Å². The number of carbonyl (C=O) groups is 1. The van der Waals surface area contributed by atoms with Crippen molar-refractivity contribution >= 4 is 5.97 Å². The average Bonchev–Trinajstić information content (AvgIpc) is 3.08. The van der Waals surface area contributed by atoms with E-state index in [1.165, 1.54) is 7.11 Å². The van der Waals surface area contributed by atoms with E-state index in [0.717, 1.165) is 16.7 Å². The fraction of sp³-hybridized carbons (Fsp3) is 0.350. The highest BCUT2D eigenvalue weighted by Gasteiger charge is 2.51. The Balaban J connectivity index is 2.05. The molecule has 0 radical (unpaired) electrons. The van der Waals surface area contributed by atoms with E-state index in [9.17, 15) is 4.79 Å². The summed E-state index contributed by atoms with van der Waals surface area (Å²) in [6.45, 7) is 2.45. The molecule has 4 nitrogen and oxygen atoms in total. The van der Waals surface area contributed by atoms with Gasteiger partial charge in [0.2, 0.25) is 0 Å². The zero-order valence-corrected chi connectivity index (χ0v) is 14.2. The van der Waals surface area contributed by atoms with E-state index in [2.05, 4.69) is 12.1 Å². The summed E-state index contributed by atoms with van der Waals surface area (Å²) in [5, 5.41) is 0. The molecule has 24 heavy (non-hydrogen) atoms. The molecule has 0 aliphatic carbocycles. The van der Waals surface area contributed by atoms with Crippen LogP contribution in [0.4, 0.5) is 0 Å². The lowest BCUT2D eigenvalue weighted by molar-refractivity contribution is -0.165. The maximum atomic E-state index is 12.7. The van der Waals surface area contributed by atoms with E-state index in [-0.39, 0.29) is 11.9 Å². The Morgan fingerprint density at radius 3 is 2.58 bits per heavy atom. The number of ether oxygens (including phenoxy) is 3. The zero-order valence-electron chi connectivity index (χ0n) is 14.2. The topological polar surface area (TPSA) is 44.8 Å². The van der Waals surface area contributed by atoms with Crippen LogP contribution in [0.5, 0.6) is 5.75 Å². The van der Waals surface area contributed by atoms with Crippen LogP contribution in [0.15, 0.2) is 48.5 Å². The van der Waals surface area contributed by atoms with Crippen LogP contribution in [-0.4, -0.2) is 26.8 Å². The van der Waals surface area contributed by atoms with Gasteiger partial charge in [0.25, 0.3) is 0 Å². The van der Waals surface area contributed by atoms with Crippen molar-refractivity contribution in [1.82, 2.24) is 0 Å². The van der Waals surface area contributed by atoms with Gasteiger partial charge in [-0.1, -0.05) is 42.0 Å². The van der Waals surface area contributed by atoms with Crippen molar-refractivity contribution in [2.24, 2.45) is 0 Å². The largest absolute Gasteiger partial charge is 0.496 e. The quantitative estimate of drug-likeness (QED) is 0.806. The molecular formula is C20H22O4. The maximum Gasteiger partial charge on any atom is 0.343 e. The minimum atomic E-state index is -1.13. The van der Waals surface area contributed by atoms with E-state index in [0.29, 0.717) is 18.8 Å². The van der Waals surface area contributed by atoms with Gasteiger partial charge in [-0.25, -0.2) is 4.79 Å². The molecule has 0 N–H and O–H groups in total. The van der Waals surface area contributed by atoms with Crippen molar-refractivity contribution < 1.29 is 19.0 Å². The summed E-state index contributed by atoms with van der Waals surface area (Å²) in [5.41, 5.74) is 1.80. The number of methoxy groups -OCH3 is 2. The predicted molar refractivity (Wildman–Crippen MR) is 91.2 cm³/mol. The molecule has 0 spiro atoms. The summed E-state index contributed by atoms with van der Waals surface area (Å²) >= 11 is 0. The average molecular weight is 326 g/mol. The summed E-state index contributed by atoms with van der Waals surface area (Å²) in [6, 6.07) is 15.9. The van der Waals surface area contributed by atoms with Gasteiger partial charge in [0.05, 0.1) is 20.8 Å². The second-order valence-electron chi connectivity index (χ2n) is 6.15. The first-order valence-corrected chi connectivity index (χ1v) is 8.03. The lowest BCUT2D eigenvalue weighted by atomic mass is 9.83. The lowest BCUT2D eigenvalue weighted by Gasteiger charge is -2.28. The third-order valence-electron chi connectivity index (χ3n) is 4.64. The molecule has 1 aliphatic heterocycles. The van der Waals surface area contributed by atoms with Gasteiger partial charge in [0.1, 0.15) is 5.75 Å². The van der Waals surface area contributed by atoms with Crippen molar-refractivity contribution in [3.05, 3.63) is 65.2 Å². The third-order valence-corrected chi connectivity index (χ3v) is 4.64. The number of hydrogen-bond acceptors (Lipinski definition) is 4. The number of hydrogen-bond donors (Lipinski definition) is 0. The highest BCUT2D eigenvalue weighted by Crippen LogP contribution is 2.47. The van der Waals surface area contributed by atoms with Gasteiger partial charge >= 0.3 is 5.97 Å². The van der Waals surface area contributed by atoms with Crippen molar-refractivity contribution in [2.75, 3.05) is 20.8 Å². The predicted octanol–water partition coefficient (Wildman–Crippen LogP) is 3.58. The first-order valence-electron chi connectivity index (χ1n) is 8.03. The second-order valence-corrected chi connectivity index (χ2v) is 6.15. The molecule has 1 aliphatic rings. The zero-order chi connectivity index (χ0) is 17.2. The first kappa shape index (κ1) is 16.5. The number of carbonyl (C=O) groups excluding carboxylic acids is 1. The second kappa shape index (κ2) is 6.65. The Hall–Kier alpha value is -2.33. The molecule has 0 bridgehead atoms. The Morgan fingerprint density at radius 2 is 1.92 bits per heavy atom. The van der Waals surface area contributed by atoms with Crippen LogP contribution in [0.3, 0.4) is 0 Å². The Labute approximate surface area is 142 Å². The van der Waals surface area contributed by atoms with E-state index >= 15 is 0 Å². The highest BCUT2D eigenvalue weighted by atomic mass is 16.6. The molecule has 3 rings (SSSR count). The van der Waals surface area contributed by atoms with E-state index < -0.39 is 5.60 Å². The van der Waals surface area contributed by atoms with Crippen molar-refractivity contribution in [3.63, 3.8) is 0 Å². The van der Waals surface area contributed by atoms with Crippen LogP contribution < -0.4 is 4.74 Å². The minimum absolute atomic E-state index is 0.135. The summed E-state index contributed by atoms with van der Waals surface area (Å²) in [6.07, 6.45) is 0.531. The van der Waals surface area contributed by atoms with Crippen LogP contribution in [0.25, 0.3) is 0 Å². The van der Waals surface area contributed by atoms with Crippen LogP contribution in [0.1, 0.15) is 29.0 Å². The molecule has 0 amide bonds. The SMILES string of the molecule is COC(=O)[C@@]1(c2cc(C)ccc2OC)C[C@H](c2ccccc2)CO1. The summed E-state index contributed by atoms with van der Waals surface area (Å²) in [7, 11) is 2.99. The molecular weight excluding hydrogens is 304 g/mol. The van der Waals surface area contributed by atoms with E-state index in [4.69, 9.17) is 14.2 Å². The minimum Gasteiger partial charge on any atom is -0.496 e. The lowest BCUT2D eigenvalue weighted by Crippen LogP contribution is -2.36. The van der Waals surface area contributed by atoms with Gasteiger partial charge < -0.3 is 14.2 Å². The molecule has 2 aromatic rings. The fourth-order valence-electron chi connectivity index (χ4n) is 3.39. The molecule has 4 heteroatoms. The third kappa shape index (κ3) is 2.78. The monoisotopic (exact) mass is 326 g/mol. The van der Waals surface area contributed by atoms with Crippen LogP contribution in [0, 0.1) is 6.92 Å². The molecule has 126 valence electrons. The normalized spacial score (nSPS) is 23.0. The Bertz CT molecular complexity index is 726. The Morgan fingerprint density at radius 1 is 1.17 bits per heavy atom. The molecule has 0 aromatic heterocycles. The number of benzene rings is 2. The van der Waals surface area contributed by atoms with Crippen molar-refractivity contribution in [2.45, 2.75) is 24.9 Å². The van der Waals surface area contributed by atoms with Gasteiger partial charge in [-0.3, -0.25) is 0 Å². The van der Waals surface area contributed by atoms with Gasteiger partial charge in [-0.2, -0.15) is 0 Å². The maximum absolute atomic E-state index is 12.7. The van der Waals surface area contributed by atoms with Gasteiger partial charge in [-0.15, -0.1) is 0 Å². The van der Waals surface area contributed by atoms with Gasteiger partial charge in [0.15, 0.2) is 5.60 Å². The van der Waals surface area contributed by atoms with Gasteiger partial charge in [0, 0.05) is 17.9 Å². The number of aryl methyl sites for hydroxylation is 1. The van der Waals surface area contributed by atoms with Crippen LogP contribution in [-0.2, 0) is 19.9 Å². The molecule has 1 saturated heterocycles. The molecule has 2 atom stereocenters. The highest BCUT2D eigenvalue weighted by molar-refractivity contribution is 5.83. The number of esters is 1. The molecule has 0 unspecified atom stereocenters. The standard InChI is InChI=1S/C20H22O4/c1-14-9-10-18(22-2)17(11-14)20(19(21)23-3)12-16(13-24-20)15-7-5-4-6-8-15/h4-11,16H,12-13H2,1-3H3/t16-,20-/m0/s1. The smallest absolute Gasteiger partial charge is 0.343 e. The first-order chi connectivity index (χ1) is 11.6. The van der Waals surface area contributed by atoms with E-state index in [1.807, 2.05) is 43.3 Å². The van der Waals surface area contributed by atoms with E-state index in [1.54, 1.807) is 7.11 Å². The van der Waals surface area contributed by atoms with Crippen molar-refractivity contribution in [3.8, 4) is 5.75 Å². The number of rotatable bonds is 4. The van der Waals surface area contributed by atoms with Gasteiger partial charge in [-0.05, 0) is 24.6 Å². The van der Waals surface area contributed by atoms with Crippen LogP contribution >= 0.6 is 0 Å². The summed E-state index contributed by atoms with van der Waals surface area (Å²) < 4.78 is 16.7. The fourth-order valence-corrected chi connectivity index (χ4v) is 3.39. The molecule has 1 fully saturated rings. The molecule has 2 aromatic carbocycles. The van der Waals surface area contributed by atoms with Crippen LogP contribution in [0.2, 0.25) is 0 Å².